The summed E-state index contributed by atoms with van der Waals surface area (Å²) in [5.74, 6) is 0.788. The van der Waals surface area contributed by atoms with E-state index in [0.29, 0.717) is 13.2 Å². The summed E-state index contributed by atoms with van der Waals surface area (Å²) in [5, 5.41) is 0. The maximum Gasteiger partial charge on any atom is 0.248 e. The molecule has 0 radical (unpaired) electrons. The second-order valence-electron chi connectivity index (χ2n) is 5.08. The Hall–Kier alpha value is -2.62. The highest BCUT2D eigenvalue weighted by Crippen LogP contribution is 2.37. The molecule has 1 amide bonds. The van der Waals surface area contributed by atoms with Gasteiger partial charge in [0.05, 0.1) is 17.9 Å². The van der Waals surface area contributed by atoms with Crippen LogP contribution in [0.5, 0.6) is 5.75 Å². The first-order valence-electron chi connectivity index (χ1n) is 7.01. The van der Waals surface area contributed by atoms with E-state index in [1.165, 1.54) is 0 Å². The standard InChI is InChI=1S/C17H14N2O2/c20-15-11-18-16(12-5-2-1-3-6-12)13-7-4-8-14-17(13)19(15)9-10-21-14/h1-8H,9-11H2. The molecule has 4 heteroatoms. The van der Waals surface area contributed by atoms with Crippen molar-refractivity contribution in [2.75, 3.05) is 24.6 Å². The molecule has 2 aromatic rings. The lowest BCUT2D eigenvalue weighted by molar-refractivity contribution is -0.117. The molecule has 2 aliphatic heterocycles. The Bertz CT molecular complexity index is 738. The Morgan fingerprint density at radius 1 is 1.05 bits per heavy atom. The lowest BCUT2D eigenvalue weighted by Crippen LogP contribution is -2.39. The number of hydrogen-bond acceptors (Lipinski definition) is 3. The van der Waals surface area contributed by atoms with Crippen LogP contribution < -0.4 is 9.64 Å². The van der Waals surface area contributed by atoms with Gasteiger partial charge in [0.2, 0.25) is 5.91 Å². The molecule has 2 aliphatic rings. The van der Waals surface area contributed by atoms with Crippen LogP contribution in [0.15, 0.2) is 53.5 Å². The van der Waals surface area contributed by atoms with Gasteiger partial charge in [-0.3, -0.25) is 9.79 Å². The third kappa shape index (κ3) is 1.91. The van der Waals surface area contributed by atoms with Crippen molar-refractivity contribution in [3.05, 3.63) is 59.7 Å². The van der Waals surface area contributed by atoms with Gasteiger partial charge in [0.1, 0.15) is 18.9 Å². The zero-order valence-corrected chi connectivity index (χ0v) is 11.5. The maximum absolute atomic E-state index is 12.3. The highest BCUT2D eigenvalue weighted by molar-refractivity contribution is 6.20. The van der Waals surface area contributed by atoms with Gasteiger partial charge in [0.25, 0.3) is 0 Å². The highest BCUT2D eigenvalue weighted by Gasteiger charge is 2.30. The van der Waals surface area contributed by atoms with E-state index in [4.69, 9.17) is 4.74 Å². The third-order valence-electron chi connectivity index (χ3n) is 3.82. The quantitative estimate of drug-likeness (QED) is 0.803. The van der Waals surface area contributed by atoms with Crippen LogP contribution in [0, 0.1) is 0 Å². The molecule has 0 atom stereocenters. The molecule has 0 aliphatic carbocycles. The molecule has 0 aromatic heterocycles. The molecule has 0 saturated heterocycles. The van der Waals surface area contributed by atoms with E-state index in [-0.39, 0.29) is 12.5 Å². The topological polar surface area (TPSA) is 41.9 Å². The van der Waals surface area contributed by atoms with E-state index in [9.17, 15) is 4.79 Å². The Morgan fingerprint density at radius 2 is 1.90 bits per heavy atom. The number of amides is 1. The first-order valence-corrected chi connectivity index (χ1v) is 7.01. The van der Waals surface area contributed by atoms with Crippen molar-refractivity contribution in [3.8, 4) is 5.75 Å². The zero-order chi connectivity index (χ0) is 14.2. The maximum atomic E-state index is 12.3. The Morgan fingerprint density at radius 3 is 2.76 bits per heavy atom. The van der Waals surface area contributed by atoms with Crippen molar-refractivity contribution in [1.29, 1.82) is 0 Å². The summed E-state index contributed by atoms with van der Waals surface area (Å²) < 4.78 is 5.71. The van der Waals surface area contributed by atoms with Crippen LogP contribution >= 0.6 is 0 Å². The van der Waals surface area contributed by atoms with Crippen molar-refractivity contribution < 1.29 is 9.53 Å². The van der Waals surface area contributed by atoms with E-state index in [1.807, 2.05) is 48.5 Å². The molecule has 0 spiro atoms. The van der Waals surface area contributed by atoms with Crippen molar-refractivity contribution in [1.82, 2.24) is 0 Å². The molecule has 4 rings (SSSR count). The number of carbonyl (C=O) groups excluding carboxylic acids is 1. The fourth-order valence-electron chi connectivity index (χ4n) is 2.88. The number of para-hydroxylation sites is 1. The Kier molecular flexibility index (Phi) is 2.74. The summed E-state index contributed by atoms with van der Waals surface area (Å²) in [6, 6.07) is 15.8. The van der Waals surface area contributed by atoms with Crippen LogP contribution in [0.25, 0.3) is 0 Å². The summed E-state index contributed by atoms with van der Waals surface area (Å²) in [5.41, 5.74) is 3.69. The van der Waals surface area contributed by atoms with E-state index in [0.717, 1.165) is 28.3 Å². The fourth-order valence-corrected chi connectivity index (χ4v) is 2.88. The molecule has 0 saturated carbocycles. The van der Waals surface area contributed by atoms with Crippen LogP contribution in [0.1, 0.15) is 11.1 Å². The minimum absolute atomic E-state index is 0.0259. The molecular weight excluding hydrogens is 264 g/mol. The average Bonchev–Trinajstić information content (AvgIpc) is 2.68. The highest BCUT2D eigenvalue weighted by atomic mass is 16.5. The summed E-state index contributed by atoms with van der Waals surface area (Å²) in [6.45, 7) is 1.29. The number of ether oxygens (including phenoxy) is 1. The third-order valence-corrected chi connectivity index (χ3v) is 3.82. The normalized spacial score (nSPS) is 16.7. The number of benzene rings is 2. The number of aliphatic imine (C=N–C) groups is 1. The average molecular weight is 278 g/mol. The van der Waals surface area contributed by atoms with Gasteiger partial charge in [0.15, 0.2) is 0 Å². The molecule has 0 N–H and O–H groups in total. The van der Waals surface area contributed by atoms with Gasteiger partial charge in [-0.1, -0.05) is 42.5 Å². The van der Waals surface area contributed by atoms with Crippen molar-refractivity contribution in [3.63, 3.8) is 0 Å². The monoisotopic (exact) mass is 278 g/mol. The van der Waals surface area contributed by atoms with Crippen LogP contribution in [-0.2, 0) is 4.79 Å². The smallest absolute Gasteiger partial charge is 0.248 e. The fraction of sp³-hybridized carbons (Fsp3) is 0.176. The first-order chi connectivity index (χ1) is 10.3. The number of rotatable bonds is 1. The van der Waals surface area contributed by atoms with E-state index >= 15 is 0 Å². The number of anilines is 1. The second-order valence-corrected chi connectivity index (χ2v) is 5.08. The number of carbonyl (C=O) groups is 1. The van der Waals surface area contributed by atoms with Crippen LogP contribution in [0.4, 0.5) is 5.69 Å². The first kappa shape index (κ1) is 12.1. The van der Waals surface area contributed by atoms with Gasteiger partial charge in [-0.25, -0.2) is 0 Å². The lowest BCUT2D eigenvalue weighted by atomic mass is 9.99. The zero-order valence-electron chi connectivity index (χ0n) is 11.5. The molecule has 104 valence electrons. The lowest BCUT2D eigenvalue weighted by Gasteiger charge is -2.29. The molecule has 0 unspecified atom stereocenters. The molecule has 0 bridgehead atoms. The van der Waals surface area contributed by atoms with Gasteiger partial charge < -0.3 is 9.64 Å². The number of nitrogens with zero attached hydrogens (tertiary/aromatic N) is 2. The Balaban J connectivity index is 1.96. The summed E-state index contributed by atoms with van der Waals surface area (Å²) in [6.07, 6.45) is 0. The molecule has 4 nitrogen and oxygen atoms in total. The van der Waals surface area contributed by atoms with Crippen molar-refractivity contribution in [2.24, 2.45) is 4.99 Å². The van der Waals surface area contributed by atoms with Crippen molar-refractivity contribution in [2.45, 2.75) is 0 Å². The molecule has 0 fully saturated rings. The van der Waals surface area contributed by atoms with E-state index in [1.54, 1.807) is 4.90 Å². The molecule has 21 heavy (non-hydrogen) atoms. The minimum atomic E-state index is 0.0259. The predicted octanol–water partition coefficient (Wildman–Crippen LogP) is 2.26. The largest absolute Gasteiger partial charge is 0.490 e. The Labute approximate surface area is 122 Å². The minimum Gasteiger partial charge on any atom is -0.490 e. The second kappa shape index (κ2) is 4.74. The van der Waals surface area contributed by atoms with E-state index < -0.39 is 0 Å². The number of hydrogen-bond donors (Lipinski definition) is 0. The van der Waals surface area contributed by atoms with E-state index in [2.05, 4.69) is 4.99 Å². The van der Waals surface area contributed by atoms with Crippen molar-refractivity contribution >= 4 is 17.3 Å². The summed E-state index contributed by atoms with van der Waals surface area (Å²) >= 11 is 0. The van der Waals surface area contributed by atoms with Crippen LogP contribution in [0.2, 0.25) is 0 Å². The van der Waals surface area contributed by atoms with Gasteiger partial charge in [-0.05, 0) is 6.07 Å². The van der Waals surface area contributed by atoms with Crippen LogP contribution in [0.3, 0.4) is 0 Å². The summed E-state index contributed by atoms with van der Waals surface area (Å²) in [4.78, 5) is 18.7. The van der Waals surface area contributed by atoms with Gasteiger partial charge in [-0.2, -0.15) is 0 Å². The SMILES string of the molecule is O=C1CN=C(c2ccccc2)c2cccc3c2N1CCO3. The van der Waals surface area contributed by atoms with Gasteiger partial charge in [-0.15, -0.1) is 0 Å². The molecular formula is C17H14N2O2. The molecule has 2 heterocycles. The summed E-state index contributed by atoms with van der Waals surface area (Å²) in [7, 11) is 0. The predicted molar refractivity (Wildman–Crippen MR) is 81.2 cm³/mol. The molecule has 2 aromatic carbocycles. The van der Waals surface area contributed by atoms with Gasteiger partial charge in [0, 0.05) is 11.1 Å². The van der Waals surface area contributed by atoms with Crippen LogP contribution in [-0.4, -0.2) is 31.3 Å². The van der Waals surface area contributed by atoms with Gasteiger partial charge >= 0.3 is 0 Å².